The van der Waals surface area contributed by atoms with Gasteiger partial charge in [-0.15, -0.1) is 0 Å². The Balaban J connectivity index is 1.05. The van der Waals surface area contributed by atoms with Crippen molar-refractivity contribution < 1.29 is 83.7 Å². The van der Waals surface area contributed by atoms with E-state index in [4.69, 9.17) is 25.0 Å². The highest BCUT2D eigenvalue weighted by molar-refractivity contribution is 7.66. The first kappa shape index (κ1) is 42.4. The van der Waals surface area contributed by atoms with Crippen LogP contribution in [-0.4, -0.2) is 116 Å². The molecule has 2 amide bonds. The molecule has 30 heteroatoms. The van der Waals surface area contributed by atoms with Gasteiger partial charge in [-0.2, -0.15) is 8.62 Å². The summed E-state index contributed by atoms with van der Waals surface area (Å²) < 4.78 is 92.6. The van der Waals surface area contributed by atoms with Crippen molar-refractivity contribution in [3.63, 3.8) is 0 Å². The second kappa shape index (κ2) is 15.8. The quantitative estimate of drug-likeness (QED) is 0.0592. The molecule has 0 radical (unpaired) electrons. The Kier molecular flexibility index (Phi) is 11.8. The van der Waals surface area contributed by atoms with Crippen LogP contribution >= 0.6 is 23.5 Å². The number of fused-ring (bicyclic) bond motifs is 3. The number of phosphoric acid groups is 3. The molecule has 6 heterocycles. The summed E-state index contributed by atoms with van der Waals surface area (Å²) in [6.07, 6.45) is -1.06. The monoisotopic (exact) mass is 867 g/mol. The molecule has 1 saturated heterocycles. The number of aryl methyl sites for hydroxylation is 2. The highest BCUT2D eigenvalue weighted by atomic mass is 31.3. The van der Waals surface area contributed by atoms with E-state index < -0.39 is 73.6 Å². The first-order valence-electron chi connectivity index (χ1n) is 16.6. The lowest BCUT2D eigenvalue weighted by molar-refractivity contribution is -0.362. The zero-order valence-corrected chi connectivity index (χ0v) is 32.2. The number of nitrogens with two attached hydrogens (primary N) is 1. The van der Waals surface area contributed by atoms with Crippen LogP contribution in [0.25, 0.3) is 17.2 Å². The van der Waals surface area contributed by atoms with E-state index in [2.05, 4.69) is 38.7 Å². The van der Waals surface area contributed by atoms with Crippen molar-refractivity contribution in [2.45, 2.75) is 51.2 Å². The Hall–Kier alpha value is -4.23. The molecule has 24 nitrogen and oxygen atoms in total. The molecule has 3 aliphatic heterocycles. The summed E-state index contributed by atoms with van der Waals surface area (Å²) in [6, 6.07) is 1.68. The van der Waals surface area contributed by atoms with E-state index in [0.717, 1.165) is 26.2 Å². The smallest absolute Gasteiger partial charge is 0.440 e. The lowest BCUT2D eigenvalue weighted by Crippen LogP contribution is -2.50. The van der Waals surface area contributed by atoms with Crippen molar-refractivity contribution in [1.82, 2.24) is 34.6 Å². The summed E-state index contributed by atoms with van der Waals surface area (Å²) in [6.45, 7) is -2.36. The molecule has 6 rings (SSSR count). The molecule has 0 aliphatic carbocycles. The number of hydrogen-bond acceptors (Lipinski definition) is 15. The Morgan fingerprint density at radius 3 is 2.49 bits per heavy atom. The molecule has 0 aromatic carbocycles. The van der Waals surface area contributed by atoms with Crippen LogP contribution in [0.3, 0.4) is 0 Å². The molecule has 0 spiro atoms. The van der Waals surface area contributed by atoms with Crippen LogP contribution in [0.4, 0.5) is 19.2 Å². The Morgan fingerprint density at radius 2 is 1.77 bits per heavy atom. The van der Waals surface area contributed by atoms with Gasteiger partial charge < -0.3 is 68.1 Å². The van der Waals surface area contributed by atoms with Gasteiger partial charge in [-0.05, 0) is 31.2 Å². The third-order valence-electron chi connectivity index (χ3n) is 8.77. The number of ether oxygens (including phenoxy) is 2. The van der Waals surface area contributed by atoms with Crippen LogP contribution in [0.1, 0.15) is 36.0 Å². The lowest BCUT2D eigenvalue weighted by atomic mass is 9.90. The van der Waals surface area contributed by atoms with Gasteiger partial charge in [-0.3, -0.25) is 13.9 Å². The standard InChI is InChI=1S/C27H35BF2N9O15P3/c1-14-9-15(2)38-18(14)10-17-4-3-16(39(17)28(38,29)30)5-6-20(40)32-7-8-33-27(42)52-23-19(11-50-56(46,47)54-57(48,49)53-55(43,44)45)51-26(22(23)41)37-13-36-21-24(31)34-12-35-25(21)37/h3-4,9-10,12-13,19,22-23,26,41H,5-8,11H2,1-2H3,(H,32,40)(H,33,42)(H,46,47)(H,48,49)(H2,31,34,35)(H2,43,44,45)/t19-,22-,23-,26-/m1/s1. The number of nitrogens with zero attached hydrogens (tertiary/aromatic N) is 6. The van der Waals surface area contributed by atoms with Gasteiger partial charge in [0.15, 0.2) is 29.5 Å². The first-order chi connectivity index (χ1) is 26.6. The number of allylic oxidation sites excluding steroid dienone is 2. The fraction of sp³-hybridized carbons (Fsp3) is 0.407. The zero-order valence-electron chi connectivity index (χ0n) is 29.6. The van der Waals surface area contributed by atoms with Crippen LogP contribution in [0.15, 0.2) is 36.6 Å². The molecule has 3 aromatic heterocycles. The van der Waals surface area contributed by atoms with E-state index in [1.54, 1.807) is 32.1 Å². The topological polar surface area (TPSA) is 334 Å². The molecular formula is C27H35BF2N9O15P3. The number of nitrogen functional groups attached to an aromatic ring is 1. The van der Waals surface area contributed by atoms with Crippen LogP contribution < -0.4 is 16.4 Å². The predicted molar refractivity (Wildman–Crippen MR) is 190 cm³/mol. The summed E-state index contributed by atoms with van der Waals surface area (Å²) in [4.78, 5) is 74.3. The van der Waals surface area contributed by atoms with E-state index in [1.165, 1.54) is 6.08 Å². The van der Waals surface area contributed by atoms with E-state index in [1.807, 2.05) is 0 Å². The molecule has 57 heavy (non-hydrogen) atoms. The number of imidazole rings is 1. The number of hydrogen-bond donors (Lipinski definition) is 8. The van der Waals surface area contributed by atoms with Crippen molar-refractivity contribution in [1.29, 1.82) is 0 Å². The maximum atomic E-state index is 15.7. The van der Waals surface area contributed by atoms with Gasteiger partial charge in [0.25, 0.3) is 0 Å². The van der Waals surface area contributed by atoms with Crippen molar-refractivity contribution in [2.75, 3.05) is 25.4 Å². The fourth-order valence-electron chi connectivity index (χ4n) is 6.51. The SMILES string of the molecule is Cc1cc(C)n2c1C=C1C=CC(CCC(=O)NCCNC(=O)O[C@H]3[C@@H](O)[C@H](n4cnc5c(N)ncnc54)O[C@@H]3COP(=O)(O)OP(=O)(O)OP(=O)(O)O)=[N+]1[B-]2(F)F. The second-order valence-corrected chi connectivity index (χ2v) is 17.2. The number of carbonyl (C=O) groups is 2. The molecule has 3 aliphatic rings. The molecular weight excluding hydrogens is 832 g/mol. The highest BCUT2D eigenvalue weighted by Crippen LogP contribution is 2.66. The fourth-order valence-corrected chi connectivity index (χ4v) is 9.54. The number of halogens is 2. The summed E-state index contributed by atoms with van der Waals surface area (Å²) in [5.41, 5.74) is 8.04. The third-order valence-corrected chi connectivity index (χ3v) is 12.6. The predicted octanol–water partition coefficient (Wildman–Crippen LogP) is 0.720. The van der Waals surface area contributed by atoms with E-state index in [-0.39, 0.29) is 48.6 Å². The van der Waals surface area contributed by atoms with Gasteiger partial charge in [0.1, 0.15) is 29.8 Å². The number of aliphatic hydroxyl groups excluding tert-OH is 1. The van der Waals surface area contributed by atoms with Crippen molar-refractivity contribution in [2.24, 2.45) is 0 Å². The van der Waals surface area contributed by atoms with Crippen LogP contribution in [0.2, 0.25) is 0 Å². The van der Waals surface area contributed by atoms with Crippen molar-refractivity contribution in [3.8, 4) is 0 Å². The lowest BCUT2D eigenvalue weighted by Gasteiger charge is -2.30. The van der Waals surface area contributed by atoms with Gasteiger partial charge in [0, 0.05) is 49.9 Å². The number of carbonyl (C=O) groups excluding carboxylic acids is 2. The van der Waals surface area contributed by atoms with E-state index in [9.17, 15) is 38.2 Å². The molecule has 9 N–H and O–H groups in total. The van der Waals surface area contributed by atoms with Gasteiger partial charge in [0.2, 0.25) is 5.91 Å². The maximum Gasteiger partial charge on any atom is 0.737 e. The summed E-state index contributed by atoms with van der Waals surface area (Å²) in [5, 5.41) is 16.1. The molecule has 1 fully saturated rings. The number of amides is 2. The summed E-state index contributed by atoms with van der Waals surface area (Å²) in [7, 11) is -17.2. The molecule has 0 saturated carbocycles. The number of rotatable bonds is 15. The minimum atomic E-state index is -5.88. The van der Waals surface area contributed by atoms with Crippen molar-refractivity contribution in [3.05, 3.63) is 53.5 Å². The van der Waals surface area contributed by atoms with Gasteiger partial charge in [-0.25, -0.2) is 33.4 Å². The van der Waals surface area contributed by atoms with Gasteiger partial charge in [0.05, 0.1) is 12.9 Å². The molecule has 0 bridgehead atoms. The maximum absolute atomic E-state index is 15.7. The number of anilines is 1. The summed E-state index contributed by atoms with van der Waals surface area (Å²) in [5.74, 6) is -0.559. The molecule has 310 valence electrons. The van der Waals surface area contributed by atoms with Crippen LogP contribution in [0.5, 0.6) is 0 Å². The highest BCUT2D eigenvalue weighted by Gasteiger charge is 2.53. The third kappa shape index (κ3) is 9.25. The number of phosphoric ester groups is 1. The Bertz CT molecular complexity index is 2350. The minimum Gasteiger partial charge on any atom is -0.440 e. The number of alkyl carbamates (subject to hydrolysis) is 1. The van der Waals surface area contributed by atoms with E-state index >= 15 is 8.63 Å². The molecule has 6 atom stereocenters. The van der Waals surface area contributed by atoms with Crippen LogP contribution in [0, 0.1) is 13.8 Å². The molecule has 2 unspecified atom stereocenters. The Labute approximate surface area is 319 Å². The Morgan fingerprint density at radius 1 is 1.05 bits per heavy atom. The largest absolute Gasteiger partial charge is 0.737 e. The van der Waals surface area contributed by atoms with Crippen molar-refractivity contribution >= 4 is 71.2 Å². The van der Waals surface area contributed by atoms with Gasteiger partial charge in [-0.1, -0.05) is 0 Å². The summed E-state index contributed by atoms with van der Waals surface area (Å²) >= 11 is 0. The first-order valence-corrected chi connectivity index (χ1v) is 21.1. The minimum absolute atomic E-state index is 0.0193. The van der Waals surface area contributed by atoms with Crippen LogP contribution in [-0.2, 0) is 41.1 Å². The normalized spacial score (nSPS) is 23.4. The number of aliphatic hydroxyl groups is 1. The second-order valence-electron chi connectivity index (χ2n) is 12.7. The average molecular weight is 867 g/mol. The van der Waals surface area contributed by atoms with E-state index in [0.29, 0.717) is 22.6 Å². The number of nitrogens with one attached hydrogen (secondary N) is 2. The number of aromatic nitrogens is 5. The molecule has 3 aromatic rings. The average Bonchev–Trinajstić information content (AvgIpc) is 3.85. The van der Waals surface area contributed by atoms with Gasteiger partial charge >= 0.3 is 36.5 Å². The zero-order chi connectivity index (χ0) is 41.7.